The molecule has 0 aliphatic rings. The zero-order valence-corrected chi connectivity index (χ0v) is 11.3. The molecule has 0 unspecified atom stereocenters. The predicted octanol–water partition coefficient (Wildman–Crippen LogP) is 2.64. The molecule has 1 aromatic carbocycles. The molecule has 3 rings (SSSR count). The van der Waals surface area contributed by atoms with Gasteiger partial charge in [0.05, 0.1) is 0 Å². The number of pyridine rings is 1. The van der Waals surface area contributed by atoms with Crippen LogP contribution in [0.25, 0.3) is 5.65 Å². The Balaban J connectivity index is 1.77. The zero-order valence-electron chi connectivity index (χ0n) is 11.3. The molecule has 0 amide bonds. The van der Waals surface area contributed by atoms with Gasteiger partial charge in [0.1, 0.15) is 0 Å². The maximum absolute atomic E-state index is 10.7. The molecule has 2 aromatic heterocycles. The van der Waals surface area contributed by atoms with Crippen LogP contribution in [0.15, 0.2) is 42.6 Å². The molecule has 0 aliphatic heterocycles. The summed E-state index contributed by atoms with van der Waals surface area (Å²) in [5.74, 6) is 0.800. The van der Waals surface area contributed by atoms with E-state index in [2.05, 4.69) is 41.3 Å². The van der Waals surface area contributed by atoms with Gasteiger partial charge in [0, 0.05) is 18.2 Å². The first-order chi connectivity index (χ1) is 9.74. The first-order valence-electron chi connectivity index (χ1n) is 6.60. The highest BCUT2D eigenvalue weighted by molar-refractivity contribution is 5.74. The van der Waals surface area contributed by atoms with E-state index in [1.807, 2.05) is 6.07 Å². The number of hydrogen-bond acceptors (Lipinski definition) is 3. The van der Waals surface area contributed by atoms with Crippen LogP contribution in [0.3, 0.4) is 0 Å². The van der Waals surface area contributed by atoms with E-state index in [4.69, 9.17) is 0 Å². The van der Waals surface area contributed by atoms with Gasteiger partial charge in [-0.15, -0.1) is 0 Å². The lowest BCUT2D eigenvalue weighted by Crippen LogP contribution is -1.95. The largest absolute Gasteiger partial charge is 0.298 e. The molecule has 0 aliphatic carbocycles. The fourth-order valence-electron chi connectivity index (χ4n) is 2.13. The van der Waals surface area contributed by atoms with Crippen molar-refractivity contribution in [1.82, 2.24) is 14.6 Å². The number of carbonyl (C=O) groups is 1. The van der Waals surface area contributed by atoms with Crippen molar-refractivity contribution < 1.29 is 4.79 Å². The Labute approximate surface area is 117 Å². The summed E-state index contributed by atoms with van der Waals surface area (Å²) in [6.45, 7) is 2.08. The molecule has 0 fully saturated rings. The molecule has 0 bridgehead atoms. The monoisotopic (exact) mass is 265 g/mol. The van der Waals surface area contributed by atoms with Gasteiger partial charge in [-0.2, -0.15) is 5.10 Å². The van der Waals surface area contributed by atoms with Gasteiger partial charge in [-0.25, -0.2) is 9.50 Å². The van der Waals surface area contributed by atoms with Gasteiger partial charge < -0.3 is 0 Å². The SMILES string of the molecule is Cc1ccc(CCc2nc3ccc(C=O)cn3n2)cc1. The van der Waals surface area contributed by atoms with Crippen molar-refractivity contribution in [2.45, 2.75) is 19.8 Å². The van der Waals surface area contributed by atoms with Crippen LogP contribution >= 0.6 is 0 Å². The quantitative estimate of drug-likeness (QED) is 0.681. The van der Waals surface area contributed by atoms with Gasteiger partial charge >= 0.3 is 0 Å². The molecule has 0 atom stereocenters. The lowest BCUT2D eigenvalue weighted by molar-refractivity contribution is 0.112. The molecule has 4 heteroatoms. The Bertz CT molecular complexity index is 744. The number of carbonyl (C=O) groups excluding carboxylic acids is 1. The molecule has 3 aromatic rings. The van der Waals surface area contributed by atoms with Crippen LogP contribution in [-0.2, 0) is 12.8 Å². The van der Waals surface area contributed by atoms with Gasteiger partial charge in [0.15, 0.2) is 17.8 Å². The summed E-state index contributed by atoms with van der Waals surface area (Å²) in [6.07, 6.45) is 4.22. The fourth-order valence-corrected chi connectivity index (χ4v) is 2.13. The van der Waals surface area contributed by atoms with E-state index in [9.17, 15) is 4.79 Å². The Morgan fingerprint density at radius 3 is 2.65 bits per heavy atom. The van der Waals surface area contributed by atoms with Crippen LogP contribution in [-0.4, -0.2) is 20.9 Å². The lowest BCUT2D eigenvalue weighted by Gasteiger charge is -1.99. The lowest BCUT2D eigenvalue weighted by atomic mass is 10.1. The Kier molecular flexibility index (Phi) is 3.29. The Morgan fingerprint density at radius 2 is 1.90 bits per heavy atom. The second kappa shape index (κ2) is 5.25. The Hall–Kier alpha value is -2.49. The normalized spacial score (nSPS) is 10.8. The highest BCUT2D eigenvalue weighted by Gasteiger charge is 2.04. The minimum Gasteiger partial charge on any atom is -0.298 e. The van der Waals surface area contributed by atoms with E-state index in [1.165, 1.54) is 11.1 Å². The van der Waals surface area contributed by atoms with Gasteiger partial charge in [-0.05, 0) is 31.0 Å². The molecular weight excluding hydrogens is 250 g/mol. The van der Waals surface area contributed by atoms with Crippen molar-refractivity contribution in [2.24, 2.45) is 0 Å². The molecule has 0 spiro atoms. The van der Waals surface area contributed by atoms with Gasteiger partial charge in [0.2, 0.25) is 0 Å². The maximum atomic E-state index is 10.7. The summed E-state index contributed by atoms with van der Waals surface area (Å²) in [6, 6.07) is 12.1. The summed E-state index contributed by atoms with van der Waals surface area (Å²) in [4.78, 5) is 15.2. The number of aryl methyl sites for hydroxylation is 3. The van der Waals surface area contributed by atoms with E-state index in [0.29, 0.717) is 5.56 Å². The van der Waals surface area contributed by atoms with Gasteiger partial charge in [0.25, 0.3) is 0 Å². The molecule has 0 saturated heterocycles. The average molecular weight is 265 g/mol. The second-order valence-corrected chi connectivity index (χ2v) is 4.90. The standard InChI is InChI=1S/C16H15N3O/c1-12-2-4-13(5-3-12)6-8-15-17-16-9-7-14(11-20)10-19(16)18-15/h2-5,7,9-11H,6,8H2,1H3. The highest BCUT2D eigenvalue weighted by atomic mass is 16.1. The van der Waals surface area contributed by atoms with Crippen molar-refractivity contribution in [1.29, 1.82) is 0 Å². The summed E-state index contributed by atoms with van der Waals surface area (Å²) < 4.78 is 1.66. The number of hydrogen-bond donors (Lipinski definition) is 0. The fraction of sp³-hybridized carbons (Fsp3) is 0.188. The third-order valence-corrected chi connectivity index (χ3v) is 3.29. The van der Waals surface area contributed by atoms with E-state index >= 15 is 0 Å². The number of aldehydes is 1. The molecule has 2 heterocycles. The summed E-state index contributed by atoms with van der Waals surface area (Å²) in [7, 11) is 0. The van der Waals surface area contributed by atoms with Crippen LogP contribution < -0.4 is 0 Å². The number of rotatable bonds is 4. The van der Waals surface area contributed by atoms with Crippen LogP contribution in [0, 0.1) is 6.92 Å². The van der Waals surface area contributed by atoms with E-state index in [0.717, 1.165) is 30.6 Å². The second-order valence-electron chi connectivity index (χ2n) is 4.90. The number of nitrogens with zero attached hydrogens (tertiary/aromatic N) is 3. The molecule has 4 nitrogen and oxygen atoms in total. The topological polar surface area (TPSA) is 47.3 Å². The van der Waals surface area contributed by atoms with Gasteiger partial charge in [-0.3, -0.25) is 4.79 Å². The minimum absolute atomic E-state index is 0.604. The van der Waals surface area contributed by atoms with Crippen LogP contribution in [0.5, 0.6) is 0 Å². The van der Waals surface area contributed by atoms with E-state index in [1.54, 1.807) is 16.8 Å². The highest BCUT2D eigenvalue weighted by Crippen LogP contribution is 2.08. The van der Waals surface area contributed by atoms with E-state index in [-0.39, 0.29) is 0 Å². The maximum Gasteiger partial charge on any atom is 0.155 e. The third-order valence-electron chi connectivity index (χ3n) is 3.29. The Morgan fingerprint density at radius 1 is 1.10 bits per heavy atom. The van der Waals surface area contributed by atoms with Crippen LogP contribution in [0.1, 0.15) is 27.3 Å². The first-order valence-corrected chi connectivity index (χ1v) is 6.60. The third kappa shape index (κ3) is 2.59. The zero-order chi connectivity index (χ0) is 13.9. The van der Waals surface area contributed by atoms with Crippen molar-refractivity contribution >= 4 is 11.9 Å². The molecule has 0 N–H and O–H groups in total. The average Bonchev–Trinajstić information content (AvgIpc) is 2.88. The van der Waals surface area contributed by atoms with Crippen molar-refractivity contribution in [3.8, 4) is 0 Å². The van der Waals surface area contributed by atoms with Crippen molar-refractivity contribution in [3.63, 3.8) is 0 Å². The molecule has 20 heavy (non-hydrogen) atoms. The van der Waals surface area contributed by atoms with Crippen LogP contribution in [0.2, 0.25) is 0 Å². The first kappa shape index (κ1) is 12.5. The van der Waals surface area contributed by atoms with Crippen molar-refractivity contribution in [2.75, 3.05) is 0 Å². The molecule has 0 radical (unpaired) electrons. The predicted molar refractivity (Wildman–Crippen MR) is 77.0 cm³/mol. The van der Waals surface area contributed by atoms with E-state index < -0.39 is 0 Å². The molecule has 0 saturated carbocycles. The van der Waals surface area contributed by atoms with Crippen LogP contribution in [0.4, 0.5) is 0 Å². The molecule has 100 valence electrons. The number of benzene rings is 1. The molecular formula is C16H15N3O. The summed E-state index contributed by atoms with van der Waals surface area (Å²) in [5.41, 5.74) is 3.92. The number of fused-ring (bicyclic) bond motifs is 1. The number of aromatic nitrogens is 3. The summed E-state index contributed by atoms with van der Waals surface area (Å²) in [5, 5.41) is 4.40. The van der Waals surface area contributed by atoms with Gasteiger partial charge in [-0.1, -0.05) is 29.8 Å². The smallest absolute Gasteiger partial charge is 0.155 e. The summed E-state index contributed by atoms with van der Waals surface area (Å²) >= 11 is 0. The minimum atomic E-state index is 0.604. The van der Waals surface area contributed by atoms with Crippen molar-refractivity contribution in [3.05, 3.63) is 65.1 Å².